The van der Waals surface area contributed by atoms with Crippen LogP contribution in [-0.2, 0) is 25.0 Å². The summed E-state index contributed by atoms with van der Waals surface area (Å²) in [7, 11) is -9.40. The Labute approximate surface area is 131 Å². The first kappa shape index (κ1) is 17.1. The summed E-state index contributed by atoms with van der Waals surface area (Å²) in [6.07, 6.45) is 0. The van der Waals surface area contributed by atoms with Gasteiger partial charge < -0.3 is 10.4 Å². The van der Waals surface area contributed by atoms with Crippen molar-refractivity contribution in [3.8, 4) is 5.75 Å². The molecule has 0 unspecified atom stereocenters. The maximum Gasteiger partial charge on any atom is 0.298 e. The van der Waals surface area contributed by atoms with Gasteiger partial charge in [0, 0.05) is 12.3 Å². The molecule has 0 radical (unpaired) electrons. The van der Waals surface area contributed by atoms with E-state index in [9.17, 15) is 26.7 Å². The number of nitrogens with one attached hydrogen (secondary N) is 1. The number of hydrogen-bond donors (Lipinski definition) is 4. The molecule has 23 heavy (non-hydrogen) atoms. The van der Waals surface area contributed by atoms with E-state index >= 15 is 0 Å². The minimum atomic E-state index is -4.84. The van der Waals surface area contributed by atoms with E-state index in [1.54, 1.807) is 0 Å². The summed E-state index contributed by atoms with van der Waals surface area (Å²) in [6, 6.07) is 3.93. The number of carbonyl (C=O) groups excluding carboxylic acids is 1. The Morgan fingerprint density at radius 2 is 1.65 bits per heavy atom. The standard InChI is InChI=1S/C12H11NO8S2/c1-6(14)13-11-9-3-2-8(22(16,17)18)4-7(9)5-10(12(11)15)23(19,20)21/h2-5,15H,1H3,(H,13,14)(H,16,17,18)(H,19,20,21). The van der Waals surface area contributed by atoms with Crippen LogP contribution in [0, 0.1) is 0 Å². The number of carbonyl (C=O) groups is 1. The molecule has 0 aromatic heterocycles. The maximum atomic E-state index is 11.3. The van der Waals surface area contributed by atoms with Gasteiger partial charge >= 0.3 is 0 Å². The summed E-state index contributed by atoms with van der Waals surface area (Å²) in [5.41, 5.74) is -0.315. The fraction of sp³-hybridized carbons (Fsp3) is 0.0833. The summed E-state index contributed by atoms with van der Waals surface area (Å²) in [4.78, 5) is 9.79. The van der Waals surface area contributed by atoms with Gasteiger partial charge in [-0.05, 0) is 23.6 Å². The molecule has 0 heterocycles. The van der Waals surface area contributed by atoms with Crippen LogP contribution in [0.2, 0.25) is 0 Å². The van der Waals surface area contributed by atoms with Crippen molar-refractivity contribution >= 4 is 42.6 Å². The molecule has 9 nitrogen and oxygen atoms in total. The van der Waals surface area contributed by atoms with E-state index in [-0.39, 0.29) is 16.5 Å². The minimum Gasteiger partial charge on any atom is -0.504 e. The van der Waals surface area contributed by atoms with Crippen molar-refractivity contribution in [1.29, 1.82) is 0 Å². The molecular weight excluding hydrogens is 350 g/mol. The average Bonchev–Trinajstić information content (AvgIpc) is 2.38. The number of fused-ring (bicyclic) bond motifs is 1. The average molecular weight is 361 g/mol. The van der Waals surface area contributed by atoms with E-state index in [1.165, 1.54) is 0 Å². The van der Waals surface area contributed by atoms with E-state index in [4.69, 9.17) is 9.11 Å². The summed E-state index contributed by atoms with van der Waals surface area (Å²) >= 11 is 0. The highest BCUT2D eigenvalue weighted by molar-refractivity contribution is 7.86. The van der Waals surface area contributed by atoms with Crippen molar-refractivity contribution in [2.45, 2.75) is 16.7 Å². The number of benzene rings is 2. The summed E-state index contributed by atoms with van der Waals surface area (Å²) in [5, 5.41) is 12.3. The SMILES string of the molecule is CC(=O)Nc1c(O)c(S(=O)(=O)O)cc2cc(S(=O)(=O)O)ccc12. The monoisotopic (exact) mass is 361 g/mol. The van der Waals surface area contributed by atoms with E-state index in [0.717, 1.165) is 31.2 Å². The molecule has 0 saturated heterocycles. The summed E-state index contributed by atoms with van der Waals surface area (Å²) in [6.45, 7) is 1.11. The van der Waals surface area contributed by atoms with Crippen molar-refractivity contribution < 1.29 is 35.8 Å². The highest BCUT2D eigenvalue weighted by Gasteiger charge is 2.23. The first-order valence-corrected chi connectivity index (χ1v) is 8.81. The van der Waals surface area contributed by atoms with Crippen molar-refractivity contribution in [3.63, 3.8) is 0 Å². The van der Waals surface area contributed by atoms with Crippen LogP contribution in [0.1, 0.15) is 6.92 Å². The van der Waals surface area contributed by atoms with Crippen molar-refractivity contribution in [3.05, 3.63) is 24.3 Å². The van der Waals surface area contributed by atoms with Crippen LogP contribution in [0.3, 0.4) is 0 Å². The van der Waals surface area contributed by atoms with Crippen molar-refractivity contribution in [2.24, 2.45) is 0 Å². The van der Waals surface area contributed by atoms with Gasteiger partial charge in [0.1, 0.15) is 4.90 Å². The number of phenolic OH excluding ortho intramolecular Hbond substituents is 1. The maximum absolute atomic E-state index is 11.3. The Balaban J connectivity index is 2.95. The smallest absolute Gasteiger partial charge is 0.298 e. The summed E-state index contributed by atoms with van der Waals surface area (Å²) in [5.74, 6) is -1.53. The molecule has 1 amide bonds. The molecule has 124 valence electrons. The molecule has 11 heteroatoms. The van der Waals surface area contributed by atoms with Crippen LogP contribution in [0.15, 0.2) is 34.1 Å². The number of rotatable bonds is 3. The zero-order valence-corrected chi connectivity index (χ0v) is 13.1. The van der Waals surface area contributed by atoms with Gasteiger partial charge in [-0.1, -0.05) is 6.07 Å². The lowest BCUT2D eigenvalue weighted by molar-refractivity contribution is -0.114. The Hall–Kier alpha value is -2.21. The first-order chi connectivity index (χ1) is 10.4. The van der Waals surface area contributed by atoms with Crippen LogP contribution >= 0.6 is 0 Å². The molecule has 0 fully saturated rings. The number of hydrogen-bond acceptors (Lipinski definition) is 6. The largest absolute Gasteiger partial charge is 0.504 e. The van der Waals surface area contributed by atoms with Crippen LogP contribution in [0.4, 0.5) is 5.69 Å². The lowest BCUT2D eigenvalue weighted by atomic mass is 10.1. The predicted molar refractivity (Wildman–Crippen MR) is 79.5 cm³/mol. The summed E-state index contributed by atoms with van der Waals surface area (Å²) < 4.78 is 63.2. The first-order valence-electron chi connectivity index (χ1n) is 5.93. The van der Waals surface area contributed by atoms with Crippen LogP contribution in [0.25, 0.3) is 10.8 Å². The van der Waals surface area contributed by atoms with Crippen LogP contribution in [0.5, 0.6) is 5.75 Å². The van der Waals surface area contributed by atoms with Gasteiger partial charge in [0.25, 0.3) is 20.2 Å². The normalized spacial score (nSPS) is 12.3. The van der Waals surface area contributed by atoms with Gasteiger partial charge in [0.2, 0.25) is 5.91 Å². The minimum absolute atomic E-state index is 0.0469. The zero-order chi connectivity index (χ0) is 17.6. The highest BCUT2D eigenvalue weighted by atomic mass is 32.2. The topological polar surface area (TPSA) is 158 Å². The molecule has 0 aliphatic carbocycles. The molecule has 0 bridgehead atoms. The Morgan fingerprint density at radius 1 is 1.04 bits per heavy atom. The number of anilines is 1. The predicted octanol–water partition coefficient (Wildman–Crippen LogP) is 0.997. The van der Waals surface area contributed by atoms with Crippen molar-refractivity contribution in [2.75, 3.05) is 5.32 Å². The second kappa shape index (κ2) is 5.45. The molecule has 0 saturated carbocycles. The number of amides is 1. The molecule has 0 atom stereocenters. The second-order valence-corrected chi connectivity index (χ2v) is 7.42. The Morgan fingerprint density at radius 3 is 2.13 bits per heavy atom. The second-order valence-electron chi connectivity index (χ2n) is 4.61. The lowest BCUT2D eigenvalue weighted by Crippen LogP contribution is -2.09. The van der Waals surface area contributed by atoms with E-state index in [0.29, 0.717) is 0 Å². The van der Waals surface area contributed by atoms with Gasteiger partial charge in [-0.2, -0.15) is 16.8 Å². The molecule has 2 aromatic rings. The number of phenols is 1. The molecule has 2 aromatic carbocycles. The molecule has 0 aliphatic heterocycles. The lowest BCUT2D eigenvalue weighted by Gasteiger charge is -2.13. The third-order valence-electron chi connectivity index (χ3n) is 2.93. The third-order valence-corrected chi connectivity index (χ3v) is 4.64. The van der Waals surface area contributed by atoms with E-state index < -0.39 is 41.7 Å². The van der Waals surface area contributed by atoms with Gasteiger partial charge in [0.15, 0.2) is 5.75 Å². The molecule has 0 spiro atoms. The Kier molecular flexibility index (Phi) is 4.07. The fourth-order valence-electron chi connectivity index (χ4n) is 2.01. The van der Waals surface area contributed by atoms with Crippen LogP contribution < -0.4 is 5.32 Å². The van der Waals surface area contributed by atoms with Crippen LogP contribution in [-0.4, -0.2) is 37.0 Å². The third kappa shape index (κ3) is 3.42. The molecule has 4 N–H and O–H groups in total. The van der Waals surface area contributed by atoms with Gasteiger partial charge in [0.05, 0.1) is 10.6 Å². The van der Waals surface area contributed by atoms with Gasteiger partial charge in [-0.3, -0.25) is 13.9 Å². The van der Waals surface area contributed by atoms with Gasteiger partial charge in [-0.15, -0.1) is 0 Å². The fourth-order valence-corrected chi connectivity index (χ4v) is 3.15. The highest BCUT2D eigenvalue weighted by Crippen LogP contribution is 2.39. The van der Waals surface area contributed by atoms with Crippen molar-refractivity contribution in [1.82, 2.24) is 0 Å². The molecule has 2 rings (SSSR count). The van der Waals surface area contributed by atoms with E-state index in [1.807, 2.05) is 0 Å². The molecule has 0 aliphatic rings. The van der Waals surface area contributed by atoms with E-state index in [2.05, 4.69) is 5.32 Å². The van der Waals surface area contributed by atoms with Gasteiger partial charge in [-0.25, -0.2) is 0 Å². The zero-order valence-electron chi connectivity index (χ0n) is 11.5. The number of aromatic hydroxyl groups is 1. The quantitative estimate of drug-likeness (QED) is 0.465. The molecular formula is C12H11NO8S2. The Bertz CT molecular complexity index is 1020.